The molecule has 1 N–H and O–H groups in total. The molecule has 1 nitrogen and oxygen atoms in total. The Morgan fingerprint density at radius 2 is 1.83 bits per heavy atom. The van der Waals surface area contributed by atoms with Crippen molar-refractivity contribution in [2.45, 2.75) is 64.8 Å². The van der Waals surface area contributed by atoms with E-state index in [1.54, 1.807) is 11.1 Å². The SMILES string of the molecule is CCCNC(CCC)c1ccc2c(c1)CCCC2. The molecule has 1 aliphatic rings. The van der Waals surface area contributed by atoms with Crippen molar-refractivity contribution in [2.24, 2.45) is 0 Å². The Morgan fingerprint density at radius 3 is 2.56 bits per heavy atom. The maximum Gasteiger partial charge on any atom is 0.0320 e. The highest BCUT2D eigenvalue weighted by atomic mass is 14.9. The molecular formula is C17H27N. The number of benzene rings is 1. The van der Waals surface area contributed by atoms with Gasteiger partial charge in [0.05, 0.1) is 0 Å². The van der Waals surface area contributed by atoms with Crippen LogP contribution in [0, 0.1) is 0 Å². The van der Waals surface area contributed by atoms with Gasteiger partial charge in [-0.15, -0.1) is 0 Å². The third-order valence-corrected chi connectivity index (χ3v) is 3.99. The van der Waals surface area contributed by atoms with Gasteiger partial charge in [-0.3, -0.25) is 0 Å². The highest BCUT2D eigenvalue weighted by molar-refractivity contribution is 5.35. The fraction of sp³-hybridized carbons (Fsp3) is 0.647. The van der Waals surface area contributed by atoms with Crippen LogP contribution in [0.15, 0.2) is 18.2 Å². The van der Waals surface area contributed by atoms with Gasteiger partial charge >= 0.3 is 0 Å². The lowest BCUT2D eigenvalue weighted by molar-refractivity contribution is 0.493. The maximum atomic E-state index is 3.69. The van der Waals surface area contributed by atoms with Crippen LogP contribution >= 0.6 is 0 Å². The van der Waals surface area contributed by atoms with Gasteiger partial charge in [-0.25, -0.2) is 0 Å². The molecule has 0 fully saturated rings. The molecule has 1 aromatic rings. The Morgan fingerprint density at radius 1 is 1.06 bits per heavy atom. The molecule has 1 aliphatic carbocycles. The van der Waals surface area contributed by atoms with E-state index in [4.69, 9.17) is 0 Å². The Labute approximate surface area is 112 Å². The highest BCUT2D eigenvalue weighted by Gasteiger charge is 2.14. The molecular weight excluding hydrogens is 218 g/mol. The fourth-order valence-electron chi connectivity index (χ4n) is 2.96. The summed E-state index contributed by atoms with van der Waals surface area (Å²) in [6.45, 7) is 5.64. The zero-order valence-corrected chi connectivity index (χ0v) is 12.0. The van der Waals surface area contributed by atoms with E-state index >= 15 is 0 Å². The van der Waals surface area contributed by atoms with E-state index < -0.39 is 0 Å². The molecule has 0 aliphatic heterocycles. The van der Waals surface area contributed by atoms with E-state index in [1.165, 1.54) is 50.5 Å². The van der Waals surface area contributed by atoms with Crippen molar-refractivity contribution in [1.29, 1.82) is 0 Å². The first kappa shape index (κ1) is 13.6. The zero-order valence-electron chi connectivity index (χ0n) is 12.0. The number of hydrogen-bond donors (Lipinski definition) is 1. The second-order valence-electron chi connectivity index (χ2n) is 5.53. The first-order chi connectivity index (χ1) is 8.85. The molecule has 1 unspecified atom stereocenters. The molecule has 1 heteroatoms. The molecule has 100 valence electrons. The minimum atomic E-state index is 0.558. The number of fused-ring (bicyclic) bond motifs is 1. The number of hydrogen-bond acceptors (Lipinski definition) is 1. The minimum absolute atomic E-state index is 0.558. The topological polar surface area (TPSA) is 12.0 Å². The van der Waals surface area contributed by atoms with Crippen LogP contribution in [0.25, 0.3) is 0 Å². The molecule has 0 saturated heterocycles. The molecule has 0 bridgehead atoms. The van der Waals surface area contributed by atoms with E-state index in [1.807, 2.05) is 0 Å². The molecule has 0 heterocycles. The third-order valence-electron chi connectivity index (χ3n) is 3.99. The predicted octanol–water partition coefficient (Wildman–Crippen LogP) is 4.41. The third kappa shape index (κ3) is 3.35. The van der Waals surface area contributed by atoms with Gasteiger partial charge in [-0.2, -0.15) is 0 Å². The van der Waals surface area contributed by atoms with Gasteiger partial charge in [0.2, 0.25) is 0 Å². The van der Waals surface area contributed by atoms with E-state index in [9.17, 15) is 0 Å². The maximum absolute atomic E-state index is 3.69. The zero-order chi connectivity index (χ0) is 12.8. The van der Waals surface area contributed by atoms with Crippen LogP contribution < -0.4 is 5.32 Å². The molecule has 0 amide bonds. The molecule has 1 aromatic carbocycles. The van der Waals surface area contributed by atoms with Gasteiger partial charge in [-0.1, -0.05) is 38.5 Å². The Kier molecular flexibility index (Phi) is 5.25. The molecule has 18 heavy (non-hydrogen) atoms. The average molecular weight is 245 g/mol. The normalized spacial score (nSPS) is 16.3. The monoisotopic (exact) mass is 245 g/mol. The summed E-state index contributed by atoms with van der Waals surface area (Å²) in [7, 11) is 0. The lowest BCUT2D eigenvalue weighted by Crippen LogP contribution is -2.22. The van der Waals surface area contributed by atoms with Crippen molar-refractivity contribution in [3.05, 3.63) is 34.9 Å². The van der Waals surface area contributed by atoms with Gasteiger partial charge in [0.15, 0.2) is 0 Å². The van der Waals surface area contributed by atoms with Gasteiger partial charge in [-0.05, 0) is 61.8 Å². The van der Waals surface area contributed by atoms with E-state index in [0.717, 1.165) is 6.54 Å². The summed E-state index contributed by atoms with van der Waals surface area (Å²) in [6, 6.07) is 7.76. The Hall–Kier alpha value is -0.820. The lowest BCUT2D eigenvalue weighted by atomic mass is 9.88. The fourth-order valence-corrected chi connectivity index (χ4v) is 2.96. The highest BCUT2D eigenvalue weighted by Crippen LogP contribution is 2.26. The first-order valence-corrected chi connectivity index (χ1v) is 7.70. The molecule has 0 saturated carbocycles. The van der Waals surface area contributed by atoms with Crippen molar-refractivity contribution in [2.75, 3.05) is 6.54 Å². The lowest BCUT2D eigenvalue weighted by Gasteiger charge is -2.22. The number of aryl methyl sites for hydroxylation is 2. The van der Waals surface area contributed by atoms with Crippen molar-refractivity contribution in [1.82, 2.24) is 5.32 Å². The summed E-state index contributed by atoms with van der Waals surface area (Å²) in [5.41, 5.74) is 4.71. The van der Waals surface area contributed by atoms with Crippen LogP contribution in [0.4, 0.5) is 0 Å². The molecule has 0 spiro atoms. The van der Waals surface area contributed by atoms with Gasteiger partial charge in [0.25, 0.3) is 0 Å². The van der Waals surface area contributed by atoms with Crippen LogP contribution in [0.5, 0.6) is 0 Å². The largest absolute Gasteiger partial charge is 0.310 e. The predicted molar refractivity (Wildman–Crippen MR) is 79.0 cm³/mol. The summed E-state index contributed by atoms with van der Waals surface area (Å²) in [4.78, 5) is 0. The van der Waals surface area contributed by atoms with Crippen molar-refractivity contribution in [3.63, 3.8) is 0 Å². The van der Waals surface area contributed by atoms with E-state index in [0.29, 0.717) is 6.04 Å². The molecule has 0 radical (unpaired) electrons. The summed E-state index contributed by atoms with van der Waals surface area (Å²) in [6.07, 6.45) is 9.03. The van der Waals surface area contributed by atoms with E-state index in [2.05, 4.69) is 37.4 Å². The van der Waals surface area contributed by atoms with E-state index in [-0.39, 0.29) is 0 Å². The second-order valence-corrected chi connectivity index (χ2v) is 5.53. The molecule has 1 atom stereocenters. The quantitative estimate of drug-likeness (QED) is 0.783. The van der Waals surface area contributed by atoms with Gasteiger partial charge in [0, 0.05) is 6.04 Å². The second kappa shape index (κ2) is 6.94. The first-order valence-electron chi connectivity index (χ1n) is 7.70. The van der Waals surface area contributed by atoms with Crippen LogP contribution in [-0.2, 0) is 12.8 Å². The Balaban J connectivity index is 2.13. The summed E-state index contributed by atoms with van der Waals surface area (Å²) < 4.78 is 0. The number of nitrogens with one attached hydrogen (secondary N) is 1. The van der Waals surface area contributed by atoms with Gasteiger partial charge in [0.1, 0.15) is 0 Å². The molecule has 2 rings (SSSR count). The average Bonchev–Trinajstić information content (AvgIpc) is 2.43. The van der Waals surface area contributed by atoms with Crippen molar-refractivity contribution >= 4 is 0 Å². The number of rotatable bonds is 6. The van der Waals surface area contributed by atoms with Gasteiger partial charge < -0.3 is 5.32 Å². The summed E-state index contributed by atoms with van der Waals surface area (Å²) >= 11 is 0. The van der Waals surface area contributed by atoms with Crippen LogP contribution in [-0.4, -0.2) is 6.54 Å². The summed E-state index contributed by atoms with van der Waals surface area (Å²) in [5, 5.41) is 3.69. The summed E-state index contributed by atoms with van der Waals surface area (Å²) in [5.74, 6) is 0. The molecule has 0 aromatic heterocycles. The van der Waals surface area contributed by atoms with Crippen molar-refractivity contribution in [3.8, 4) is 0 Å². The van der Waals surface area contributed by atoms with Crippen LogP contribution in [0.1, 0.15) is 68.7 Å². The van der Waals surface area contributed by atoms with Crippen LogP contribution in [0.2, 0.25) is 0 Å². The van der Waals surface area contributed by atoms with Crippen LogP contribution in [0.3, 0.4) is 0 Å². The minimum Gasteiger partial charge on any atom is -0.310 e. The Bertz CT molecular complexity index is 370. The standard InChI is InChI=1S/C17H27N/c1-3-7-17(18-12-4-2)16-11-10-14-8-5-6-9-15(14)13-16/h10-11,13,17-18H,3-9,12H2,1-2H3. The van der Waals surface area contributed by atoms with Crippen molar-refractivity contribution < 1.29 is 0 Å². The smallest absolute Gasteiger partial charge is 0.0320 e.